The predicted molar refractivity (Wildman–Crippen MR) is 80.2 cm³/mol. The first-order valence-corrected chi connectivity index (χ1v) is 6.79. The highest BCUT2D eigenvalue weighted by Gasteiger charge is 2.33. The van der Waals surface area contributed by atoms with Gasteiger partial charge in [-0.25, -0.2) is 8.78 Å². The number of hydrogen-bond acceptors (Lipinski definition) is 2. The second-order valence-electron chi connectivity index (χ2n) is 6.26. The summed E-state index contributed by atoms with van der Waals surface area (Å²) in [6.07, 6.45) is 0. The zero-order chi connectivity index (χ0) is 14.0. The lowest BCUT2D eigenvalue weighted by atomic mass is 9.81. The molecule has 1 fully saturated rings. The van der Waals surface area contributed by atoms with Gasteiger partial charge in [0.25, 0.3) is 0 Å². The van der Waals surface area contributed by atoms with Crippen LogP contribution in [-0.4, -0.2) is 31.1 Å². The predicted octanol–water partition coefficient (Wildman–Crippen LogP) is 3.38. The van der Waals surface area contributed by atoms with E-state index in [1.54, 1.807) is 0 Å². The van der Waals surface area contributed by atoms with Crippen LogP contribution in [0.1, 0.15) is 32.4 Å². The zero-order valence-electron chi connectivity index (χ0n) is 12.2. The Morgan fingerprint density at radius 1 is 1.05 bits per heavy atom. The summed E-state index contributed by atoms with van der Waals surface area (Å²) in [4.78, 5) is 2.31. The van der Waals surface area contributed by atoms with Gasteiger partial charge in [0.15, 0.2) is 0 Å². The summed E-state index contributed by atoms with van der Waals surface area (Å²) in [7, 11) is 0. The van der Waals surface area contributed by atoms with Gasteiger partial charge in [-0.3, -0.25) is 4.90 Å². The van der Waals surface area contributed by atoms with Crippen LogP contribution in [0.15, 0.2) is 18.2 Å². The fraction of sp³-hybridized carbons (Fsp3) is 0.600. The van der Waals surface area contributed by atoms with Crippen LogP contribution in [0.2, 0.25) is 0 Å². The molecule has 0 radical (unpaired) electrons. The Bertz CT molecular complexity index is 420. The molecule has 5 heteroatoms. The third kappa shape index (κ3) is 4.14. The molecule has 0 bridgehead atoms. The highest BCUT2D eigenvalue weighted by atomic mass is 35.5. The number of hydrogen-bond donors (Lipinski definition) is 1. The van der Waals surface area contributed by atoms with E-state index >= 15 is 0 Å². The number of nitrogens with one attached hydrogen (secondary N) is 1. The molecule has 0 amide bonds. The summed E-state index contributed by atoms with van der Waals surface area (Å²) >= 11 is 0. The molecule has 1 heterocycles. The molecule has 114 valence electrons. The van der Waals surface area contributed by atoms with Crippen molar-refractivity contribution in [2.24, 2.45) is 5.41 Å². The average Bonchev–Trinajstić information content (AvgIpc) is 2.27. The molecule has 0 unspecified atom stereocenters. The van der Waals surface area contributed by atoms with Gasteiger partial charge in [0.2, 0.25) is 0 Å². The summed E-state index contributed by atoms with van der Waals surface area (Å²) in [5.41, 5.74) is 0.657. The normalized spacial score (nSPS) is 18.4. The van der Waals surface area contributed by atoms with E-state index < -0.39 is 11.6 Å². The van der Waals surface area contributed by atoms with Crippen LogP contribution in [0, 0.1) is 17.0 Å². The maximum Gasteiger partial charge on any atom is 0.126 e. The van der Waals surface area contributed by atoms with Crippen LogP contribution in [0.4, 0.5) is 8.78 Å². The number of rotatable bonds is 2. The first kappa shape index (κ1) is 17.3. The third-order valence-electron chi connectivity index (χ3n) is 3.54. The fourth-order valence-corrected chi connectivity index (χ4v) is 2.93. The van der Waals surface area contributed by atoms with Crippen LogP contribution in [0.25, 0.3) is 0 Å². The Hall–Kier alpha value is -0.710. The smallest absolute Gasteiger partial charge is 0.126 e. The molecule has 2 rings (SSSR count). The van der Waals surface area contributed by atoms with E-state index in [1.165, 1.54) is 12.1 Å². The molecule has 1 aromatic carbocycles. The molecule has 20 heavy (non-hydrogen) atoms. The first-order valence-electron chi connectivity index (χ1n) is 6.79. The fourth-order valence-electron chi connectivity index (χ4n) is 2.93. The quantitative estimate of drug-likeness (QED) is 0.901. The molecule has 1 aliphatic heterocycles. The zero-order valence-corrected chi connectivity index (χ0v) is 13.1. The Morgan fingerprint density at radius 2 is 1.55 bits per heavy atom. The van der Waals surface area contributed by atoms with Crippen molar-refractivity contribution in [3.8, 4) is 0 Å². The second-order valence-corrected chi connectivity index (χ2v) is 6.26. The van der Waals surface area contributed by atoms with Crippen molar-refractivity contribution in [3.05, 3.63) is 35.4 Å². The summed E-state index contributed by atoms with van der Waals surface area (Å²) in [5, 5.41) is 3.31. The molecule has 0 aromatic heterocycles. The molecular weight excluding hydrogens is 282 g/mol. The lowest BCUT2D eigenvalue weighted by molar-refractivity contribution is 0.0858. The monoisotopic (exact) mass is 304 g/mol. The van der Waals surface area contributed by atoms with E-state index in [-0.39, 0.29) is 23.9 Å². The molecule has 0 saturated carbocycles. The lowest BCUT2D eigenvalue weighted by Gasteiger charge is -2.42. The van der Waals surface area contributed by atoms with Crippen molar-refractivity contribution in [1.82, 2.24) is 10.2 Å². The van der Waals surface area contributed by atoms with E-state index in [2.05, 4.69) is 31.0 Å². The second kappa shape index (κ2) is 6.83. The van der Waals surface area contributed by atoms with E-state index in [0.29, 0.717) is 0 Å². The number of piperazine rings is 1. The molecule has 2 nitrogen and oxygen atoms in total. The van der Waals surface area contributed by atoms with Crippen molar-refractivity contribution < 1.29 is 8.78 Å². The Kier molecular flexibility index (Phi) is 5.92. The van der Waals surface area contributed by atoms with Crippen molar-refractivity contribution in [2.45, 2.75) is 26.8 Å². The minimum atomic E-state index is -0.501. The van der Waals surface area contributed by atoms with Crippen LogP contribution in [0.5, 0.6) is 0 Å². The van der Waals surface area contributed by atoms with Crippen molar-refractivity contribution >= 4 is 12.4 Å². The Balaban J connectivity index is 0.00000200. The molecule has 0 aliphatic carbocycles. The minimum absolute atomic E-state index is 0. The Morgan fingerprint density at radius 3 is 2.00 bits per heavy atom. The largest absolute Gasteiger partial charge is 0.314 e. The molecule has 1 saturated heterocycles. The maximum absolute atomic E-state index is 13.5. The highest BCUT2D eigenvalue weighted by Crippen LogP contribution is 2.38. The summed E-state index contributed by atoms with van der Waals surface area (Å²) in [5.74, 6) is -1.00. The van der Waals surface area contributed by atoms with Gasteiger partial charge in [-0.05, 0) is 23.1 Å². The number of benzene rings is 1. The molecule has 1 atom stereocenters. The van der Waals surface area contributed by atoms with E-state index in [1.807, 2.05) is 0 Å². The summed E-state index contributed by atoms with van der Waals surface area (Å²) in [6.45, 7) is 9.99. The van der Waals surface area contributed by atoms with Gasteiger partial charge < -0.3 is 5.32 Å². The van der Waals surface area contributed by atoms with Crippen LogP contribution in [-0.2, 0) is 0 Å². The van der Waals surface area contributed by atoms with Gasteiger partial charge in [-0.1, -0.05) is 20.8 Å². The summed E-state index contributed by atoms with van der Waals surface area (Å²) in [6, 6.07) is 3.88. The van der Waals surface area contributed by atoms with Crippen LogP contribution < -0.4 is 5.32 Å². The van der Waals surface area contributed by atoms with Gasteiger partial charge in [-0.2, -0.15) is 0 Å². The summed E-state index contributed by atoms with van der Waals surface area (Å²) < 4.78 is 26.9. The van der Waals surface area contributed by atoms with Gasteiger partial charge >= 0.3 is 0 Å². The molecule has 1 aromatic rings. The lowest BCUT2D eigenvalue weighted by Crippen LogP contribution is -2.48. The van der Waals surface area contributed by atoms with Gasteiger partial charge in [0, 0.05) is 38.3 Å². The van der Waals surface area contributed by atoms with Gasteiger partial charge in [0.05, 0.1) is 0 Å². The SMILES string of the molecule is CC(C)(C)[C@@H](c1cc(F)cc(F)c1)N1CCNCC1.Cl. The average molecular weight is 305 g/mol. The number of halogens is 3. The Labute approximate surface area is 126 Å². The van der Waals surface area contributed by atoms with Crippen molar-refractivity contribution in [1.29, 1.82) is 0 Å². The van der Waals surface area contributed by atoms with Crippen LogP contribution in [0.3, 0.4) is 0 Å². The highest BCUT2D eigenvalue weighted by molar-refractivity contribution is 5.85. The molecule has 1 N–H and O–H groups in total. The van der Waals surface area contributed by atoms with Crippen molar-refractivity contribution in [3.63, 3.8) is 0 Å². The molecule has 1 aliphatic rings. The van der Waals surface area contributed by atoms with E-state index in [0.717, 1.165) is 37.8 Å². The first-order chi connectivity index (χ1) is 8.88. The van der Waals surface area contributed by atoms with Gasteiger partial charge in [-0.15, -0.1) is 12.4 Å². The number of nitrogens with zero attached hydrogens (tertiary/aromatic N) is 1. The van der Waals surface area contributed by atoms with E-state index in [4.69, 9.17) is 0 Å². The topological polar surface area (TPSA) is 15.3 Å². The van der Waals surface area contributed by atoms with Gasteiger partial charge in [0.1, 0.15) is 11.6 Å². The van der Waals surface area contributed by atoms with Crippen molar-refractivity contribution in [2.75, 3.05) is 26.2 Å². The maximum atomic E-state index is 13.5. The molecular formula is C15H23ClF2N2. The minimum Gasteiger partial charge on any atom is -0.314 e. The standard InChI is InChI=1S/C15H22F2N2.ClH/c1-15(2,3)14(19-6-4-18-5-7-19)11-8-12(16)10-13(17)9-11;/h8-10,14,18H,4-7H2,1-3H3;1H/t14-;/m1./s1. The molecule has 0 spiro atoms. The van der Waals surface area contributed by atoms with E-state index in [9.17, 15) is 8.78 Å². The third-order valence-corrected chi connectivity index (χ3v) is 3.54. The van der Waals surface area contributed by atoms with Crippen LogP contribution >= 0.6 is 12.4 Å².